The summed E-state index contributed by atoms with van der Waals surface area (Å²) in [5, 5.41) is 0. The van der Waals surface area contributed by atoms with Gasteiger partial charge in [-0.3, -0.25) is 0 Å². The topological polar surface area (TPSA) is 35.2 Å². The summed E-state index contributed by atoms with van der Waals surface area (Å²) < 4.78 is 5.83. The number of thiophene rings is 1. The molecule has 3 heteroatoms. The van der Waals surface area contributed by atoms with Crippen molar-refractivity contribution in [1.82, 2.24) is 0 Å². The minimum absolute atomic E-state index is 0.605. The number of benzene rings is 1. The third kappa shape index (κ3) is 3.08. The molecule has 17 heavy (non-hydrogen) atoms. The van der Waals surface area contributed by atoms with Crippen molar-refractivity contribution in [1.29, 1.82) is 0 Å². The summed E-state index contributed by atoms with van der Waals surface area (Å²) >= 11 is 1.71. The molecule has 90 valence electrons. The van der Waals surface area contributed by atoms with E-state index >= 15 is 0 Å². The molecular weight excluding hydrogens is 230 g/mol. The maximum absolute atomic E-state index is 5.83. The molecule has 0 amide bonds. The van der Waals surface area contributed by atoms with Crippen molar-refractivity contribution in [2.24, 2.45) is 5.73 Å². The van der Waals surface area contributed by atoms with Crippen LogP contribution in [-0.4, -0.2) is 0 Å². The van der Waals surface area contributed by atoms with Crippen LogP contribution in [0.2, 0.25) is 0 Å². The number of hydrogen-bond acceptors (Lipinski definition) is 3. The molecule has 2 nitrogen and oxygen atoms in total. The molecule has 0 bridgehead atoms. The molecular formula is C14H17NOS. The Morgan fingerprint density at radius 3 is 2.59 bits per heavy atom. The number of ether oxygens (including phenoxy) is 1. The van der Waals surface area contributed by atoms with Gasteiger partial charge in [-0.2, -0.15) is 0 Å². The number of rotatable bonds is 4. The second-order valence-electron chi connectivity index (χ2n) is 4.13. The van der Waals surface area contributed by atoms with Gasteiger partial charge in [0.2, 0.25) is 0 Å². The van der Waals surface area contributed by atoms with Crippen molar-refractivity contribution >= 4 is 11.3 Å². The molecule has 0 unspecified atom stereocenters. The SMILES string of the molecule is Cc1ccc(C)c(OCc2ccc(CN)s2)c1. The molecule has 0 aliphatic carbocycles. The van der Waals surface area contributed by atoms with Crippen LogP contribution in [0.5, 0.6) is 5.75 Å². The molecule has 0 saturated carbocycles. The van der Waals surface area contributed by atoms with E-state index in [-0.39, 0.29) is 0 Å². The maximum Gasteiger partial charge on any atom is 0.123 e. The highest BCUT2D eigenvalue weighted by Crippen LogP contribution is 2.22. The van der Waals surface area contributed by atoms with E-state index in [0.717, 1.165) is 5.75 Å². The highest BCUT2D eigenvalue weighted by Gasteiger charge is 2.02. The van der Waals surface area contributed by atoms with Gasteiger partial charge < -0.3 is 10.5 Å². The normalized spacial score (nSPS) is 10.5. The van der Waals surface area contributed by atoms with Gasteiger partial charge in [0.25, 0.3) is 0 Å². The second-order valence-corrected chi connectivity index (χ2v) is 5.38. The molecule has 1 aromatic heterocycles. The van der Waals surface area contributed by atoms with E-state index in [0.29, 0.717) is 13.2 Å². The molecule has 0 aliphatic heterocycles. The lowest BCUT2D eigenvalue weighted by Gasteiger charge is -2.08. The number of aryl methyl sites for hydroxylation is 2. The Hall–Kier alpha value is -1.32. The van der Waals surface area contributed by atoms with Gasteiger partial charge in [-0.25, -0.2) is 0 Å². The molecule has 2 rings (SSSR count). The first-order chi connectivity index (χ1) is 8.19. The third-order valence-corrected chi connectivity index (χ3v) is 3.71. The van der Waals surface area contributed by atoms with Crippen molar-refractivity contribution in [3.63, 3.8) is 0 Å². The van der Waals surface area contributed by atoms with Crippen LogP contribution in [0, 0.1) is 13.8 Å². The fraction of sp³-hybridized carbons (Fsp3) is 0.286. The van der Waals surface area contributed by atoms with E-state index in [1.54, 1.807) is 11.3 Å². The summed E-state index contributed by atoms with van der Waals surface area (Å²) in [6, 6.07) is 10.4. The molecule has 0 radical (unpaired) electrons. The summed E-state index contributed by atoms with van der Waals surface area (Å²) in [5.41, 5.74) is 7.98. The van der Waals surface area contributed by atoms with E-state index in [2.05, 4.69) is 44.2 Å². The van der Waals surface area contributed by atoms with Crippen LogP contribution in [0.15, 0.2) is 30.3 Å². The lowest BCUT2D eigenvalue weighted by Crippen LogP contribution is -1.95. The van der Waals surface area contributed by atoms with Crippen LogP contribution in [0.25, 0.3) is 0 Å². The fourth-order valence-corrected chi connectivity index (χ4v) is 2.43. The van der Waals surface area contributed by atoms with E-state index in [4.69, 9.17) is 10.5 Å². The van der Waals surface area contributed by atoms with Gasteiger partial charge in [0.1, 0.15) is 12.4 Å². The Balaban J connectivity index is 2.04. The zero-order valence-corrected chi connectivity index (χ0v) is 11.0. The van der Waals surface area contributed by atoms with E-state index in [1.165, 1.54) is 20.9 Å². The zero-order valence-electron chi connectivity index (χ0n) is 10.2. The smallest absolute Gasteiger partial charge is 0.123 e. The quantitative estimate of drug-likeness (QED) is 0.898. The summed E-state index contributed by atoms with van der Waals surface area (Å²) in [6.07, 6.45) is 0. The minimum Gasteiger partial charge on any atom is -0.488 e. The fourth-order valence-electron chi connectivity index (χ4n) is 1.62. The van der Waals surface area contributed by atoms with Gasteiger partial charge in [-0.1, -0.05) is 12.1 Å². The summed E-state index contributed by atoms with van der Waals surface area (Å²) in [7, 11) is 0. The molecule has 0 aliphatic rings. The predicted molar refractivity (Wildman–Crippen MR) is 72.5 cm³/mol. The molecule has 1 heterocycles. The van der Waals surface area contributed by atoms with Crippen LogP contribution in [-0.2, 0) is 13.2 Å². The lowest BCUT2D eigenvalue weighted by molar-refractivity contribution is 0.307. The van der Waals surface area contributed by atoms with Crippen molar-refractivity contribution in [3.8, 4) is 5.75 Å². The average molecular weight is 247 g/mol. The number of hydrogen-bond donors (Lipinski definition) is 1. The first kappa shape index (κ1) is 12.1. The van der Waals surface area contributed by atoms with Gasteiger partial charge in [-0.05, 0) is 43.2 Å². The zero-order chi connectivity index (χ0) is 12.3. The Morgan fingerprint density at radius 1 is 1.12 bits per heavy atom. The van der Waals surface area contributed by atoms with Gasteiger partial charge >= 0.3 is 0 Å². The molecule has 1 aromatic carbocycles. The summed E-state index contributed by atoms with van der Waals surface area (Å²) in [4.78, 5) is 2.41. The van der Waals surface area contributed by atoms with Crippen molar-refractivity contribution in [2.75, 3.05) is 0 Å². The van der Waals surface area contributed by atoms with Crippen molar-refractivity contribution < 1.29 is 4.74 Å². The Kier molecular flexibility index (Phi) is 3.82. The molecule has 2 N–H and O–H groups in total. The first-order valence-electron chi connectivity index (χ1n) is 5.67. The maximum atomic E-state index is 5.83. The highest BCUT2D eigenvalue weighted by molar-refractivity contribution is 7.11. The molecule has 0 saturated heterocycles. The van der Waals surface area contributed by atoms with Crippen LogP contribution in [0.1, 0.15) is 20.9 Å². The molecule has 0 atom stereocenters. The summed E-state index contributed by atoms with van der Waals surface area (Å²) in [5.74, 6) is 0.965. The first-order valence-corrected chi connectivity index (χ1v) is 6.48. The largest absolute Gasteiger partial charge is 0.488 e. The Bertz CT molecular complexity index is 505. The van der Waals surface area contributed by atoms with Crippen LogP contribution < -0.4 is 10.5 Å². The average Bonchev–Trinajstić information content (AvgIpc) is 2.78. The monoisotopic (exact) mass is 247 g/mol. The highest BCUT2D eigenvalue weighted by atomic mass is 32.1. The lowest BCUT2D eigenvalue weighted by atomic mass is 10.1. The predicted octanol–water partition coefficient (Wildman–Crippen LogP) is 3.40. The van der Waals surface area contributed by atoms with E-state index in [1.807, 2.05) is 0 Å². The van der Waals surface area contributed by atoms with E-state index < -0.39 is 0 Å². The van der Waals surface area contributed by atoms with Crippen LogP contribution in [0.4, 0.5) is 0 Å². The third-order valence-electron chi connectivity index (χ3n) is 2.63. The Morgan fingerprint density at radius 2 is 1.88 bits per heavy atom. The van der Waals surface area contributed by atoms with Crippen molar-refractivity contribution in [3.05, 3.63) is 51.2 Å². The van der Waals surface area contributed by atoms with Gasteiger partial charge in [-0.15, -0.1) is 11.3 Å². The summed E-state index contributed by atoms with van der Waals surface area (Å²) in [6.45, 7) is 5.36. The minimum atomic E-state index is 0.605. The van der Waals surface area contributed by atoms with E-state index in [9.17, 15) is 0 Å². The standard InChI is InChI=1S/C14H17NOS/c1-10-3-4-11(2)14(7-10)16-9-13-6-5-12(8-15)17-13/h3-7H,8-9,15H2,1-2H3. The number of nitrogens with two attached hydrogens (primary N) is 1. The van der Waals surface area contributed by atoms with Gasteiger partial charge in [0.05, 0.1) is 0 Å². The molecule has 2 aromatic rings. The molecule has 0 spiro atoms. The van der Waals surface area contributed by atoms with Crippen LogP contribution >= 0.6 is 11.3 Å². The Labute approximate surface area is 106 Å². The molecule has 0 fully saturated rings. The van der Waals surface area contributed by atoms with Gasteiger partial charge in [0.15, 0.2) is 0 Å². The van der Waals surface area contributed by atoms with Crippen LogP contribution in [0.3, 0.4) is 0 Å². The van der Waals surface area contributed by atoms with Crippen molar-refractivity contribution in [2.45, 2.75) is 27.0 Å². The van der Waals surface area contributed by atoms with Gasteiger partial charge in [0, 0.05) is 16.3 Å². The second kappa shape index (κ2) is 5.34.